The molecule has 0 spiro atoms. The molecular formula is C27H25F3N2O4. The highest BCUT2D eigenvalue weighted by Crippen LogP contribution is 2.40. The van der Waals surface area contributed by atoms with Gasteiger partial charge in [-0.05, 0) is 47.9 Å². The van der Waals surface area contributed by atoms with E-state index >= 15 is 0 Å². The van der Waals surface area contributed by atoms with Gasteiger partial charge in [-0.3, -0.25) is 0 Å². The molecule has 4 rings (SSSR count). The summed E-state index contributed by atoms with van der Waals surface area (Å²) in [6.07, 6.45) is -0.986. The molecule has 6 nitrogen and oxygen atoms in total. The van der Waals surface area contributed by atoms with Crippen LogP contribution in [0.25, 0.3) is 11.1 Å². The monoisotopic (exact) mass is 498 g/mol. The molecule has 0 saturated carbocycles. The van der Waals surface area contributed by atoms with E-state index in [4.69, 9.17) is 15.2 Å². The Morgan fingerprint density at radius 2 is 1.72 bits per heavy atom. The third-order valence-electron chi connectivity index (χ3n) is 6.50. The Labute approximate surface area is 206 Å². The third kappa shape index (κ3) is 5.30. The Morgan fingerprint density at radius 1 is 1.06 bits per heavy atom. The van der Waals surface area contributed by atoms with Gasteiger partial charge in [0.25, 0.3) is 0 Å². The zero-order valence-electron chi connectivity index (χ0n) is 19.5. The van der Waals surface area contributed by atoms with Crippen molar-refractivity contribution in [2.24, 2.45) is 5.73 Å². The smallest absolute Gasteiger partial charge is 0.411 e. The van der Waals surface area contributed by atoms with E-state index in [0.717, 1.165) is 11.6 Å². The maximum absolute atomic E-state index is 14.1. The van der Waals surface area contributed by atoms with Crippen molar-refractivity contribution in [2.75, 3.05) is 13.2 Å². The van der Waals surface area contributed by atoms with Crippen LogP contribution in [-0.2, 0) is 15.1 Å². The summed E-state index contributed by atoms with van der Waals surface area (Å²) in [6, 6.07) is 15.7. The lowest BCUT2D eigenvalue weighted by atomic mass is 9.85. The highest BCUT2D eigenvalue weighted by atomic mass is 19.1. The summed E-state index contributed by atoms with van der Waals surface area (Å²) in [5.41, 5.74) is 6.18. The van der Waals surface area contributed by atoms with Crippen molar-refractivity contribution in [1.29, 1.82) is 0 Å². The summed E-state index contributed by atoms with van der Waals surface area (Å²) in [7, 11) is 0. The maximum Gasteiger partial charge on any atom is 0.411 e. The van der Waals surface area contributed by atoms with Gasteiger partial charge in [0.1, 0.15) is 23.1 Å². The largest absolute Gasteiger partial charge is 0.450 e. The van der Waals surface area contributed by atoms with Crippen molar-refractivity contribution in [3.05, 3.63) is 95.3 Å². The minimum Gasteiger partial charge on any atom is -0.450 e. The minimum absolute atomic E-state index is 0.0725. The van der Waals surface area contributed by atoms with Crippen LogP contribution in [-0.4, -0.2) is 30.2 Å². The van der Waals surface area contributed by atoms with Crippen molar-refractivity contribution < 1.29 is 32.2 Å². The predicted molar refractivity (Wildman–Crippen MR) is 126 cm³/mol. The third-order valence-corrected chi connectivity index (χ3v) is 6.50. The first-order valence-electron chi connectivity index (χ1n) is 11.4. The average Bonchev–Trinajstić information content (AvgIpc) is 2.84. The quantitative estimate of drug-likeness (QED) is 0.430. The molecule has 1 saturated heterocycles. The van der Waals surface area contributed by atoms with Crippen LogP contribution >= 0.6 is 0 Å². The molecule has 0 aromatic heterocycles. The second-order valence-corrected chi connectivity index (χ2v) is 8.65. The van der Waals surface area contributed by atoms with Gasteiger partial charge in [-0.15, -0.1) is 0 Å². The summed E-state index contributed by atoms with van der Waals surface area (Å²) >= 11 is 0. The van der Waals surface area contributed by atoms with Crippen molar-refractivity contribution in [2.45, 2.75) is 31.4 Å². The second kappa shape index (κ2) is 10.3. The standard InChI is InChI=1S/C27H25F3N2O4/c1-17(18-2-4-19(5-3-18)23-11-10-22(29)16-24(23)30)32-14-12-27(36-26(32)34,13-15-35-25(31)33)20-6-8-21(28)9-7-20/h2-11,16-17H,12-15H2,1H3,(H2,31,33)/t17-,27-/m0/s1. The van der Waals surface area contributed by atoms with E-state index < -0.39 is 35.2 Å². The van der Waals surface area contributed by atoms with E-state index in [1.54, 1.807) is 41.3 Å². The Kier molecular flexibility index (Phi) is 7.19. The van der Waals surface area contributed by atoms with Crippen LogP contribution in [0.3, 0.4) is 0 Å². The fraction of sp³-hybridized carbons (Fsp3) is 0.259. The highest BCUT2D eigenvalue weighted by molar-refractivity contribution is 5.70. The lowest BCUT2D eigenvalue weighted by Crippen LogP contribution is -2.49. The molecule has 1 aliphatic heterocycles. The summed E-state index contributed by atoms with van der Waals surface area (Å²) < 4.78 is 51.6. The van der Waals surface area contributed by atoms with E-state index in [-0.39, 0.29) is 24.6 Å². The van der Waals surface area contributed by atoms with E-state index in [2.05, 4.69) is 0 Å². The SMILES string of the molecule is C[C@@H](c1ccc(-c2ccc(F)cc2F)cc1)N1CC[C@](CCOC(N)=O)(c2ccc(F)cc2)OC1=O. The molecule has 2 amide bonds. The minimum atomic E-state index is -1.11. The topological polar surface area (TPSA) is 81.9 Å². The molecule has 1 aliphatic rings. The zero-order valence-corrected chi connectivity index (χ0v) is 19.5. The van der Waals surface area contributed by atoms with Gasteiger partial charge in [0.15, 0.2) is 0 Å². The van der Waals surface area contributed by atoms with Crippen molar-refractivity contribution >= 4 is 12.2 Å². The number of amides is 2. The highest BCUT2D eigenvalue weighted by Gasteiger charge is 2.43. The zero-order chi connectivity index (χ0) is 25.9. The number of halogens is 3. The molecule has 3 aromatic carbocycles. The van der Waals surface area contributed by atoms with E-state index in [1.165, 1.54) is 24.3 Å². The van der Waals surface area contributed by atoms with E-state index in [0.29, 0.717) is 24.1 Å². The number of carbonyl (C=O) groups excluding carboxylic acids is 2. The molecule has 0 bridgehead atoms. The molecule has 3 aromatic rings. The molecule has 2 N–H and O–H groups in total. The molecule has 9 heteroatoms. The lowest BCUT2D eigenvalue weighted by Gasteiger charge is -2.43. The summed E-state index contributed by atoms with van der Waals surface area (Å²) in [5, 5.41) is 0. The Bertz CT molecular complexity index is 1250. The Morgan fingerprint density at radius 3 is 2.33 bits per heavy atom. The fourth-order valence-corrected chi connectivity index (χ4v) is 4.46. The Hall–Kier alpha value is -4.01. The van der Waals surface area contributed by atoms with Crippen LogP contribution in [0.1, 0.15) is 36.9 Å². The number of nitrogens with two attached hydrogens (primary N) is 1. The van der Waals surface area contributed by atoms with E-state index in [1.807, 2.05) is 6.92 Å². The molecule has 1 heterocycles. The first-order valence-corrected chi connectivity index (χ1v) is 11.4. The van der Waals surface area contributed by atoms with Crippen molar-refractivity contribution in [1.82, 2.24) is 4.90 Å². The number of rotatable bonds is 7. The number of nitrogens with zero attached hydrogens (tertiary/aromatic N) is 1. The van der Waals surface area contributed by atoms with Crippen molar-refractivity contribution in [3.63, 3.8) is 0 Å². The summed E-state index contributed by atoms with van der Waals surface area (Å²) in [6.45, 7) is 2.09. The molecule has 1 fully saturated rings. The van der Waals surface area contributed by atoms with Gasteiger partial charge in [-0.25, -0.2) is 22.8 Å². The number of hydrogen-bond acceptors (Lipinski definition) is 4. The first kappa shape index (κ1) is 25.1. The molecule has 188 valence electrons. The second-order valence-electron chi connectivity index (χ2n) is 8.65. The van der Waals surface area contributed by atoms with Crippen LogP contribution in [0, 0.1) is 17.5 Å². The molecule has 0 aliphatic carbocycles. The van der Waals surface area contributed by atoms with Gasteiger partial charge in [0, 0.05) is 31.0 Å². The van der Waals surface area contributed by atoms with Crippen LogP contribution in [0.2, 0.25) is 0 Å². The molecule has 0 unspecified atom stereocenters. The molecular weight excluding hydrogens is 473 g/mol. The average molecular weight is 499 g/mol. The van der Waals surface area contributed by atoms with Crippen LogP contribution in [0.5, 0.6) is 0 Å². The number of cyclic esters (lactones) is 1. The van der Waals surface area contributed by atoms with Gasteiger partial charge in [-0.2, -0.15) is 0 Å². The van der Waals surface area contributed by atoms with Crippen LogP contribution in [0.4, 0.5) is 22.8 Å². The number of ether oxygens (including phenoxy) is 2. The Balaban J connectivity index is 1.51. The van der Waals surface area contributed by atoms with Gasteiger partial charge in [0.2, 0.25) is 0 Å². The van der Waals surface area contributed by atoms with Gasteiger partial charge >= 0.3 is 12.2 Å². The van der Waals surface area contributed by atoms with E-state index in [9.17, 15) is 22.8 Å². The van der Waals surface area contributed by atoms with Crippen LogP contribution in [0.15, 0.2) is 66.7 Å². The van der Waals surface area contributed by atoms with Gasteiger partial charge in [0.05, 0.1) is 12.6 Å². The summed E-state index contributed by atoms with van der Waals surface area (Å²) in [4.78, 5) is 25.7. The van der Waals surface area contributed by atoms with Gasteiger partial charge in [-0.1, -0.05) is 36.4 Å². The fourth-order valence-electron chi connectivity index (χ4n) is 4.46. The molecule has 0 radical (unpaired) electrons. The number of primary amides is 1. The first-order chi connectivity index (χ1) is 17.2. The maximum atomic E-state index is 14.1. The normalized spacial score (nSPS) is 18.4. The number of benzene rings is 3. The predicted octanol–water partition coefficient (Wildman–Crippen LogP) is 6.06. The van der Waals surface area contributed by atoms with Crippen molar-refractivity contribution in [3.8, 4) is 11.1 Å². The van der Waals surface area contributed by atoms with Crippen LogP contribution < -0.4 is 5.73 Å². The lowest BCUT2D eigenvalue weighted by molar-refractivity contribution is -0.0722. The summed E-state index contributed by atoms with van der Waals surface area (Å²) in [5.74, 6) is -1.74. The number of hydrogen-bond donors (Lipinski definition) is 1. The molecule has 2 atom stereocenters. The number of carbonyl (C=O) groups is 2. The molecule has 36 heavy (non-hydrogen) atoms. The van der Waals surface area contributed by atoms with Gasteiger partial charge < -0.3 is 20.1 Å².